The Morgan fingerprint density at radius 2 is 2.00 bits per heavy atom. The Hall–Kier alpha value is -0.930. The molecule has 1 fully saturated rings. The maximum atomic E-state index is 11.1. The maximum Gasteiger partial charge on any atom is 0.293 e. The lowest BCUT2D eigenvalue weighted by atomic mass is 10.2. The van der Waals surface area contributed by atoms with Crippen molar-refractivity contribution in [1.29, 1.82) is 0 Å². The van der Waals surface area contributed by atoms with E-state index in [-0.39, 0.29) is 17.2 Å². The van der Waals surface area contributed by atoms with Gasteiger partial charge in [-0.2, -0.15) is 0 Å². The van der Waals surface area contributed by atoms with E-state index in [4.69, 9.17) is 5.11 Å². The molecule has 1 saturated heterocycles. The molecule has 6 nitrogen and oxygen atoms in total. The molecular formula is C12H16IN3O3. The van der Waals surface area contributed by atoms with Crippen LogP contribution in [0.25, 0.3) is 0 Å². The van der Waals surface area contributed by atoms with Crippen LogP contribution in [0.4, 0.5) is 11.4 Å². The van der Waals surface area contributed by atoms with Crippen LogP contribution >= 0.6 is 22.6 Å². The summed E-state index contributed by atoms with van der Waals surface area (Å²) in [4.78, 5) is 15.0. The fourth-order valence-electron chi connectivity index (χ4n) is 2.26. The highest BCUT2D eigenvalue weighted by Gasteiger charge is 2.23. The number of β-amino-alcohol motifs (C(OH)–C–C–N with tert-alkyl or cyclic N) is 1. The van der Waals surface area contributed by atoms with Crippen LogP contribution in [-0.4, -0.2) is 54.3 Å². The molecule has 0 radical (unpaired) electrons. The minimum absolute atomic E-state index is 0.156. The number of benzene rings is 1. The number of halogens is 1. The minimum atomic E-state index is -0.322. The second-order valence-electron chi connectivity index (χ2n) is 4.44. The van der Waals surface area contributed by atoms with Gasteiger partial charge in [-0.25, -0.2) is 0 Å². The molecule has 0 unspecified atom stereocenters. The van der Waals surface area contributed by atoms with E-state index in [9.17, 15) is 10.1 Å². The van der Waals surface area contributed by atoms with Crippen molar-refractivity contribution >= 4 is 34.0 Å². The lowest BCUT2D eigenvalue weighted by molar-refractivity contribution is -0.384. The standard InChI is InChI=1S/C12H16IN3O3/c13-10-1-2-11(12(9-10)16(18)19)15-5-3-14(4-6-15)7-8-17/h1-2,9,17H,3-8H2. The quantitative estimate of drug-likeness (QED) is 0.487. The van der Waals surface area contributed by atoms with Gasteiger partial charge in [-0.3, -0.25) is 15.0 Å². The van der Waals surface area contributed by atoms with Crippen molar-refractivity contribution < 1.29 is 10.0 Å². The molecule has 0 aromatic heterocycles. The van der Waals surface area contributed by atoms with Gasteiger partial charge in [-0.05, 0) is 34.7 Å². The molecule has 1 N–H and O–H groups in total. The van der Waals surface area contributed by atoms with Crippen LogP contribution < -0.4 is 4.90 Å². The Kier molecular flexibility index (Phi) is 4.94. The SMILES string of the molecule is O=[N+]([O-])c1cc(I)ccc1N1CCN(CCO)CC1. The molecule has 0 spiro atoms. The van der Waals surface area contributed by atoms with Crippen molar-refractivity contribution in [3.8, 4) is 0 Å². The van der Waals surface area contributed by atoms with E-state index < -0.39 is 0 Å². The third kappa shape index (κ3) is 3.54. The van der Waals surface area contributed by atoms with Gasteiger partial charge in [-0.1, -0.05) is 0 Å². The summed E-state index contributed by atoms with van der Waals surface area (Å²) in [5.41, 5.74) is 0.858. The smallest absolute Gasteiger partial charge is 0.293 e. The van der Waals surface area contributed by atoms with E-state index >= 15 is 0 Å². The van der Waals surface area contributed by atoms with Gasteiger partial charge in [0, 0.05) is 42.4 Å². The summed E-state index contributed by atoms with van der Waals surface area (Å²) < 4.78 is 0.868. The van der Waals surface area contributed by atoms with Crippen molar-refractivity contribution in [2.45, 2.75) is 0 Å². The molecule has 104 valence electrons. The first-order valence-corrected chi connectivity index (χ1v) is 7.22. The summed E-state index contributed by atoms with van der Waals surface area (Å²) in [5.74, 6) is 0. The predicted molar refractivity (Wildman–Crippen MR) is 81.6 cm³/mol. The van der Waals surface area contributed by atoms with E-state index in [1.807, 2.05) is 17.0 Å². The van der Waals surface area contributed by atoms with E-state index in [1.54, 1.807) is 6.07 Å². The molecule has 1 heterocycles. The second kappa shape index (κ2) is 6.49. The summed E-state index contributed by atoms with van der Waals surface area (Å²) >= 11 is 2.08. The fourth-order valence-corrected chi connectivity index (χ4v) is 2.74. The third-order valence-electron chi connectivity index (χ3n) is 3.26. The van der Waals surface area contributed by atoms with Gasteiger partial charge in [0.15, 0.2) is 0 Å². The van der Waals surface area contributed by atoms with Gasteiger partial charge in [-0.15, -0.1) is 0 Å². The summed E-state index contributed by atoms with van der Waals surface area (Å²) in [6.45, 7) is 3.97. The van der Waals surface area contributed by atoms with Crippen LogP contribution in [0.1, 0.15) is 0 Å². The van der Waals surface area contributed by atoms with Gasteiger partial charge in [0.25, 0.3) is 5.69 Å². The highest BCUT2D eigenvalue weighted by Crippen LogP contribution is 2.30. The van der Waals surface area contributed by atoms with Crippen LogP contribution in [0, 0.1) is 13.7 Å². The zero-order chi connectivity index (χ0) is 13.8. The summed E-state index contributed by atoms with van der Waals surface area (Å²) in [6, 6.07) is 5.32. The van der Waals surface area contributed by atoms with Crippen LogP contribution in [0.3, 0.4) is 0 Å². The van der Waals surface area contributed by atoms with Crippen molar-refractivity contribution in [1.82, 2.24) is 4.90 Å². The number of nitro groups is 1. The Labute approximate surface area is 125 Å². The number of rotatable bonds is 4. The zero-order valence-corrected chi connectivity index (χ0v) is 12.6. The molecule has 19 heavy (non-hydrogen) atoms. The number of piperazine rings is 1. The van der Waals surface area contributed by atoms with Crippen molar-refractivity contribution in [3.05, 3.63) is 31.9 Å². The second-order valence-corrected chi connectivity index (χ2v) is 5.69. The number of anilines is 1. The number of hydrogen-bond donors (Lipinski definition) is 1. The number of nitrogens with zero attached hydrogens (tertiary/aromatic N) is 3. The number of aliphatic hydroxyl groups excluding tert-OH is 1. The molecule has 0 bridgehead atoms. The summed E-state index contributed by atoms with van der Waals surface area (Å²) in [5, 5.41) is 20.0. The lowest BCUT2D eigenvalue weighted by Crippen LogP contribution is -2.47. The van der Waals surface area contributed by atoms with Crippen LogP contribution in [-0.2, 0) is 0 Å². The summed E-state index contributed by atoms with van der Waals surface area (Å²) in [7, 11) is 0. The molecule has 1 aromatic carbocycles. The highest BCUT2D eigenvalue weighted by atomic mass is 127. The van der Waals surface area contributed by atoms with Gasteiger partial charge < -0.3 is 10.0 Å². The molecule has 2 rings (SSSR count). The Morgan fingerprint density at radius 3 is 2.58 bits per heavy atom. The van der Waals surface area contributed by atoms with E-state index in [1.165, 1.54) is 0 Å². The van der Waals surface area contributed by atoms with Crippen LogP contribution in [0.15, 0.2) is 18.2 Å². The molecule has 1 aliphatic rings. The molecule has 0 aliphatic carbocycles. The average Bonchev–Trinajstić information content (AvgIpc) is 2.40. The van der Waals surface area contributed by atoms with Gasteiger partial charge >= 0.3 is 0 Å². The lowest BCUT2D eigenvalue weighted by Gasteiger charge is -2.35. The molecule has 0 saturated carbocycles. The van der Waals surface area contributed by atoms with Crippen molar-refractivity contribution in [2.24, 2.45) is 0 Å². The minimum Gasteiger partial charge on any atom is -0.395 e. The summed E-state index contributed by atoms with van der Waals surface area (Å²) in [6.07, 6.45) is 0. The van der Waals surface area contributed by atoms with E-state index in [0.717, 1.165) is 29.7 Å². The Balaban J connectivity index is 2.13. The normalized spacial score (nSPS) is 16.6. The van der Waals surface area contributed by atoms with Crippen molar-refractivity contribution in [2.75, 3.05) is 44.2 Å². The zero-order valence-electron chi connectivity index (χ0n) is 10.5. The van der Waals surface area contributed by atoms with Gasteiger partial charge in [0.05, 0.1) is 11.5 Å². The Morgan fingerprint density at radius 1 is 1.32 bits per heavy atom. The average molecular weight is 377 g/mol. The monoisotopic (exact) mass is 377 g/mol. The highest BCUT2D eigenvalue weighted by molar-refractivity contribution is 14.1. The van der Waals surface area contributed by atoms with E-state index in [0.29, 0.717) is 12.2 Å². The number of nitro benzene ring substituents is 1. The predicted octanol–water partition coefficient (Wildman–Crippen LogP) is 1.31. The first kappa shape index (κ1) is 14.5. The molecule has 0 amide bonds. The van der Waals surface area contributed by atoms with Gasteiger partial charge in [0.2, 0.25) is 0 Å². The fraction of sp³-hybridized carbons (Fsp3) is 0.500. The molecule has 1 aromatic rings. The Bertz CT molecular complexity index is 462. The van der Waals surface area contributed by atoms with Crippen LogP contribution in [0.2, 0.25) is 0 Å². The maximum absolute atomic E-state index is 11.1. The molecular weight excluding hydrogens is 361 g/mol. The topological polar surface area (TPSA) is 69.9 Å². The molecule has 1 aliphatic heterocycles. The first-order chi connectivity index (χ1) is 9.11. The third-order valence-corrected chi connectivity index (χ3v) is 3.93. The van der Waals surface area contributed by atoms with Gasteiger partial charge in [0.1, 0.15) is 5.69 Å². The first-order valence-electron chi connectivity index (χ1n) is 6.14. The van der Waals surface area contributed by atoms with E-state index in [2.05, 4.69) is 27.5 Å². The van der Waals surface area contributed by atoms with Crippen LogP contribution in [0.5, 0.6) is 0 Å². The molecule has 0 atom stereocenters. The largest absolute Gasteiger partial charge is 0.395 e. The number of hydrogen-bond acceptors (Lipinski definition) is 5. The number of aliphatic hydroxyl groups is 1. The molecule has 7 heteroatoms. The van der Waals surface area contributed by atoms with Crippen molar-refractivity contribution in [3.63, 3.8) is 0 Å².